The van der Waals surface area contributed by atoms with Gasteiger partial charge in [0.1, 0.15) is 28.1 Å². The zero-order chi connectivity index (χ0) is 31.2. The molecule has 1 amide bonds. The van der Waals surface area contributed by atoms with Gasteiger partial charge in [0, 0.05) is 28.1 Å². The van der Waals surface area contributed by atoms with Gasteiger partial charge in [0.15, 0.2) is 0 Å². The smallest absolute Gasteiger partial charge is 0.254 e. The molecule has 6 rings (SSSR count). The summed E-state index contributed by atoms with van der Waals surface area (Å²) in [4.78, 5) is 31.8. The number of carbonyl (C=O) groups is 1. The summed E-state index contributed by atoms with van der Waals surface area (Å²) >= 11 is 9.70. The highest BCUT2D eigenvalue weighted by atomic mass is 79.9. The molecule has 1 N–H and O–H groups in total. The Morgan fingerprint density at radius 3 is 2.64 bits per heavy atom. The number of aromatic nitrogens is 7. The van der Waals surface area contributed by atoms with Crippen LogP contribution in [-0.4, -0.2) is 63.8 Å². The Morgan fingerprint density at radius 2 is 1.91 bits per heavy atom. The SMILES string of the molecule is BC(B)(B)n1ncc2c1-c1cccc(c1)[C@@H](n1cnc(-c3cc(Cl)ccc3-n3cc(Br)nn3)cc1=O)CCC[C@@H](C)C(=O)N2. The summed E-state index contributed by atoms with van der Waals surface area (Å²) in [5.74, 6) is -0.262. The van der Waals surface area contributed by atoms with E-state index in [4.69, 9.17) is 16.6 Å². The highest BCUT2D eigenvalue weighted by molar-refractivity contribution is 9.10. The topological polar surface area (TPSA) is 113 Å². The first-order valence-electron chi connectivity index (χ1n) is 14.5. The number of fused-ring (bicyclic) bond motifs is 4. The zero-order valence-electron chi connectivity index (χ0n) is 24.8. The molecule has 5 aromatic rings. The second-order valence-corrected chi connectivity index (χ2v) is 13.4. The van der Waals surface area contributed by atoms with E-state index < -0.39 is 0 Å². The van der Waals surface area contributed by atoms with Crippen molar-refractivity contribution in [1.82, 2.24) is 34.3 Å². The number of nitrogens with zero attached hydrogens (tertiary/aromatic N) is 7. The second kappa shape index (κ2) is 11.9. The molecule has 44 heavy (non-hydrogen) atoms. The van der Waals surface area contributed by atoms with E-state index >= 15 is 0 Å². The summed E-state index contributed by atoms with van der Waals surface area (Å²) in [7, 11) is 6.23. The van der Waals surface area contributed by atoms with E-state index in [1.807, 2.05) is 35.9 Å². The van der Waals surface area contributed by atoms with Crippen molar-refractivity contribution in [2.24, 2.45) is 5.92 Å². The van der Waals surface area contributed by atoms with Crippen LogP contribution in [0.2, 0.25) is 5.02 Å². The maximum absolute atomic E-state index is 13.8. The van der Waals surface area contributed by atoms with Gasteiger partial charge in [-0.2, -0.15) is 5.10 Å². The van der Waals surface area contributed by atoms with Crippen LogP contribution in [0.5, 0.6) is 0 Å². The van der Waals surface area contributed by atoms with Crippen LogP contribution >= 0.6 is 27.5 Å². The molecule has 0 spiro atoms. The van der Waals surface area contributed by atoms with Crippen LogP contribution in [-0.2, 0) is 10.0 Å². The molecule has 0 unspecified atom stereocenters. The number of benzene rings is 2. The van der Waals surface area contributed by atoms with Crippen molar-refractivity contribution in [2.75, 3.05) is 5.32 Å². The normalized spacial score (nSPS) is 17.3. The van der Waals surface area contributed by atoms with E-state index in [1.54, 1.807) is 40.1 Å². The molecule has 1 aliphatic heterocycles. The predicted octanol–water partition coefficient (Wildman–Crippen LogP) is 2.59. The molecular formula is C29H29B3BrClN8O2. The van der Waals surface area contributed by atoms with Crippen molar-refractivity contribution in [3.8, 4) is 28.2 Å². The van der Waals surface area contributed by atoms with E-state index in [9.17, 15) is 9.59 Å². The summed E-state index contributed by atoms with van der Waals surface area (Å²) < 4.78 is 5.80. The molecule has 4 heterocycles. The van der Waals surface area contributed by atoms with Gasteiger partial charge in [-0.15, -0.1) is 5.10 Å². The minimum atomic E-state index is -0.325. The number of hydrogen-bond donors (Lipinski definition) is 1. The van der Waals surface area contributed by atoms with E-state index in [1.165, 1.54) is 6.07 Å². The molecule has 0 fully saturated rings. The number of rotatable bonds is 4. The van der Waals surface area contributed by atoms with Crippen LogP contribution in [0.4, 0.5) is 5.69 Å². The molecule has 10 nitrogen and oxygen atoms in total. The monoisotopic (exact) mass is 668 g/mol. The third-order valence-corrected chi connectivity index (χ3v) is 8.49. The van der Waals surface area contributed by atoms with Crippen molar-refractivity contribution >= 4 is 62.7 Å². The van der Waals surface area contributed by atoms with Crippen LogP contribution in [0, 0.1) is 5.92 Å². The molecule has 3 aromatic heterocycles. The third kappa shape index (κ3) is 5.92. The summed E-state index contributed by atoms with van der Waals surface area (Å²) in [6, 6.07) is 14.7. The molecule has 2 bridgehead atoms. The summed E-state index contributed by atoms with van der Waals surface area (Å²) in [6.07, 6.45) is 7.11. The number of halogens is 2. The second-order valence-electron chi connectivity index (χ2n) is 12.1. The Hall–Kier alpha value is -3.90. The number of carbonyl (C=O) groups excluding carboxylic acids is 1. The molecular weight excluding hydrogens is 640 g/mol. The van der Waals surface area contributed by atoms with Gasteiger partial charge in [-0.05, 0) is 63.8 Å². The summed E-state index contributed by atoms with van der Waals surface area (Å²) in [5.41, 5.74) is 5.00. The Kier molecular flexibility index (Phi) is 8.15. The van der Waals surface area contributed by atoms with E-state index in [-0.39, 0.29) is 28.7 Å². The first-order valence-corrected chi connectivity index (χ1v) is 15.6. The molecule has 0 saturated heterocycles. The Balaban J connectivity index is 1.46. The minimum absolute atomic E-state index is 0.0482. The quantitative estimate of drug-likeness (QED) is 0.295. The molecule has 0 radical (unpaired) electrons. The van der Waals surface area contributed by atoms with Gasteiger partial charge in [-0.1, -0.05) is 48.4 Å². The highest BCUT2D eigenvalue weighted by Crippen LogP contribution is 2.35. The highest BCUT2D eigenvalue weighted by Gasteiger charge is 2.27. The number of hydrogen-bond acceptors (Lipinski definition) is 6. The Morgan fingerprint density at radius 1 is 1.09 bits per heavy atom. The number of nitrogens with one attached hydrogen (secondary N) is 1. The van der Waals surface area contributed by atoms with Crippen molar-refractivity contribution < 1.29 is 4.79 Å². The lowest BCUT2D eigenvalue weighted by Gasteiger charge is -2.26. The standard InChI is InChI=1S/C29H29B3BrClN8O2/c1-16-4-2-7-23(17-5-3-6-18(10-17)27-22(37-28(16)44)13-36-42(27)29(30,31)32)40-15-35-21(12-26(40)43)20-11-19(34)8-9-24(20)41-14-25(33)38-39-41/h3,5-6,8-16,23H,2,4,7,30-32H2,1H3,(H,37,44)/t16-,23+/m1/s1. The lowest BCUT2D eigenvalue weighted by atomic mass is 9.49. The molecule has 15 heteroatoms. The first-order chi connectivity index (χ1) is 21.0. The van der Waals surface area contributed by atoms with Crippen LogP contribution in [0.3, 0.4) is 0 Å². The lowest BCUT2D eigenvalue weighted by molar-refractivity contribution is -0.119. The van der Waals surface area contributed by atoms with Gasteiger partial charge < -0.3 is 5.32 Å². The van der Waals surface area contributed by atoms with Gasteiger partial charge in [-0.3, -0.25) is 18.8 Å². The van der Waals surface area contributed by atoms with E-state index in [0.29, 0.717) is 45.1 Å². The summed E-state index contributed by atoms with van der Waals surface area (Å²) in [6.45, 7) is 1.93. The van der Waals surface area contributed by atoms with Gasteiger partial charge in [-0.25, -0.2) is 9.67 Å². The van der Waals surface area contributed by atoms with Crippen molar-refractivity contribution in [2.45, 2.75) is 37.5 Å². The predicted molar refractivity (Wildman–Crippen MR) is 183 cm³/mol. The van der Waals surface area contributed by atoms with Gasteiger partial charge in [0.25, 0.3) is 5.56 Å². The van der Waals surface area contributed by atoms with E-state index in [2.05, 4.69) is 66.3 Å². The van der Waals surface area contributed by atoms with Gasteiger partial charge >= 0.3 is 0 Å². The van der Waals surface area contributed by atoms with Crippen LogP contribution < -0.4 is 10.9 Å². The minimum Gasteiger partial charge on any atom is -0.323 e. The van der Waals surface area contributed by atoms with Crippen LogP contribution in [0.25, 0.3) is 28.2 Å². The molecule has 2 aromatic carbocycles. The van der Waals surface area contributed by atoms with Crippen molar-refractivity contribution in [1.29, 1.82) is 0 Å². The molecule has 0 aliphatic carbocycles. The molecule has 220 valence electrons. The third-order valence-electron chi connectivity index (χ3n) is 7.89. The lowest BCUT2D eigenvalue weighted by Crippen LogP contribution is -2.36. The maximum atomic E-state index is 13.8. The Labute approximate surface area is 270 Å². The van der Waals surface area contributed by atoms with Gasteiger partial charge in [0.05, 0.1) is 47.5 Å². The Bertz CT molecular complexity index is 1940. The zero-order valence-corrected chi connectivity index (χ0v) is 27.2. The fraction of sp³-hybridized carbons (Fsp3) is 0.241. The van der Waals surface area contributed by atoms with Crippen LogP contribution in [0.15, 0.2) is 76.6 Å². The van der Waals surface area contributed by atoms with E-state index in [0.717, 1.165) is 23.2 Å². The largest absolute Gasteiger partial charge is 0.323 e. The first kappa shape index (κ1) is 30.1. The average Bonchev–Trinajstić information content (AvgIpc) is 3.61. The molecule has 0 saturated carbocycles. The molecule has 2 atom stereocenters. The summed E-state index contributed by atoms with van der Waals surface area (Å²) in [5, 5.41) is 16.1. The number of anilines is 1. The fourth-order valence-corrected chi connectivity index (χ4v) is 6.09. The van der Waals surface area contributed by atoms with Crippen molar-refractivity contribution in [3.63, 3.8) is 0 Å². The number of amides is 1. The molecule has 1 aliphatic rings. The van der Waals surface area contributed by atoms with Crippen LogP contribution in [0.1, 0.15) is 37.8 Å². The van der Waals surface area contributed by atoms with Crippen molar-refractivity contribution in [3.05, 3.63) is 92.8 Å². The maximum Gasteiger partial charge on any atom is 0.254 e. The fourth-order valence-electron chi connectivity index (χ4n) is 5.66. The average molecular weight is 669 g/mol. The van der Waals surface area contributed by atoms with Gasteiger partial charge in [0.2, 0.25) is 5.91 Å².